The molecule has 0 bridgehead atoms. The van der Waals surface area contributed by atoms with Gasteiger partial charge in [0.15, 0.2) is 0 Å². The summed E-state index contributed by atoms with van der Waals surface area (Å²) < 4.78 is 25.7. The van der Waals surface area contributed by atoms with Crippen molar-refractivity contribution in [3.63, 3.8) is 0 Å². The van der Waals surface area contributed by atoms with Crippen LogP contribution in [-0.4, -0.2) is 48.9 Å². The summed E-state index contributed by atoms with van der Waals surface area (Å²) in [6.07, 6.45) is 0. The Hall–Kier alpha value is -0.800. The second-order valence-electron chi connectivity index (χ2n) is 4.68. The van der Waals surface area contributed by atoms with E-state index in [9.17, 15) is 13.5 Å². The van der Waals surface area contributed by atoms with Gasteiger partial charge in [0.25, 0.3) is 0 Å². The third-order valence-corrected chi connectivity index (χ3v) is 5.22. The number of rotatable bonds is 8. The van der Waals surface area contributed by atoms with Crippen molar-refractivity contribution in [3.05, 3.63) is 24.3 Å². The lowest BCUT2D eigenvalue weighted by molar-refractivity contribution is 0.00682. The molecule has 0 heterocycles. The third-order valence-electron chi connectivity index (χ3n) is 2.54. The minimum absolute atomic E-state index is 0.0898. The van der Waals surface area contributed by atoms with E-state index in [-0.39, 0.29) is 12.3 Å². The molecule has 1 aromatic carbocycles. The van der Waals surface area contributed by atoms with Crippen LogP contribution in [0, 0.1) is 0 Å². The van der Waals surface area contributed by atoms with Gasteiger partial charge in [-0.25, -0.2) is 13.1 Å². The topological polar surface area (TPSA) is 113 Å². The number of nitrogens with two attached hydrogens (primary N) is 1. The first-order valence-corrected chi connectivity index (χ1v) is 8.67. The van der Waals surface area contributed by atoms with Gasteiger partial charge < -0.3 is 15.9 Å². The maximum atomic E-state index is 11.7. The Morgan fingerprint density at radius 1 is 1.40 bits per heavy atom. The quantitative estimate of drug-likeness (QED) is 0.397. The van der Waals surface area contributed by atoms with Gasteiger partial charge in [-0.2, -0.15) is 0 Å². The Labute approximate surface area is 123 Å². The van der Waals surface area contributed by atoms with E-state index in [1.807, 2.05) is 18.2 Å². The van der Waals surface area contributed by atoms with Gasteiger partial charge in [0.05, 0.1) is 18.0 Å². The highest BCUT2D eigenvalue weighted by atomic mass is 32.2. The lowest BCUT2D eigenvalue weighted by Crippen LogP contribution is -2.44. The Morgan fingerprint density at radius 3 is 2.65 bits per heavy atom. The molecule has 0 saturated carbocycles. The van der Waals surface area contributed by atoms with Crippen LogP contribution in [0.15, 0.2) is 29.2 Å². The molecule has 0 amide bonds. The van der Waals surface area contributed by atoms with Crippen LogP contribution in [0.4, 0.5) is 5.69 Å². The van der Waals surface area contributed by atoms with Crippen molar-refractivity contribution in [2.45, 2.75) is 17.4 Å². The van der Waals surface area contributed by atoms with Gasteiger partial charge in [-0.3, -0.25) is 0 Å². The summed E-state index contributed by atoms with van der Waals surface area (Å²) in [7, 11) is -3.49. The molecule has 1 atom stereocenters. The van der Waals surface area contributed by atoms with E-state index in [0.29, 0.717) is 11.4 Å². The SMILES string of the molecule is CC(O)(CO)CNS(=O)(=O)CCSc1ccccc1N. The van der Waals surface area contributed by atoms with Crippen LogP contribution in [0.2, 0.25) is 0 Å². The van der Waals surface area contributed by atoms with Crippen LogP contribution < -0.4 is 10.5 Å². The Morgan fingerprint density at radius 2 is 2.05 bits per heavy atom. The Bertz CT molecular complexity index is 532. The number of aliphatic hydroxyl groups excluding tert-OH is 1. The normalized spacial score (nSPS) is 14.9. The molecule has 6 nitrogen and oxygen atoms in total. The first-order chi connectivity index (χ1) is 9.26. The predicted molar refractivity (Wildman–Crippen MR) is 81.1 cm³/mol. The number of benzene rings is 1. The predicted octanol–water partition coefficient (Wildman–Crippen LogP) is 0.0236. The third kappa shape index (κ3) is 6.10. The molecular formula is C12H20N2O4S2. The highest BCUT2D eigenvalue weighted by Crippen LogP contribution is 2.24. The number of anilines is 1. The van der Waals surface area contributed by atoms with Crippen LogP contribution in [0.1, 0.15) is 6.92 Å². The first kappa shape index (κ1) is 17.3. The molecule has 114 valence electrons. The van der Waals surface area contributed by atoms with Gasteiger partial charge in [-0.15, -0.1) is 11.8 Å². The van der Waals surface area contributed by atoms with Crippen molar-refractivity contribution in [1.29, 1.82) is 0 Å². The van der Waals surface area contributed by atoms with Crippen LogP contribution in [0.5, 0.6) is 0 Å². The lowest BCUT2D eigenvalue weighted by Gasteiger charge is -2.20. The van der Waals surface area contributed by atoms with Gasteiger partial charge in [0.1, 0.15) is 0 Å². The number of nitrogen functional groups attached to an aromatic ring is 1. The van der Waals surface area contributed by atoms with Crippen molar-refractivity contribution in [3.8, 4) is 0 Å². The maximum absolute atomic E-state index is 11.7. The molecule has 5 N–H and O–H groups in total. The zero-order valence-electron chi connectivity index (χ0n) is 11.2. The fraction of sp³-hybridized carbons (Fsp3) is 0.500. The van der Waals surface area contributed by atoms with Crippen LogP contribution in [-0.2, 0) is 10.0 Å². The zero-order chi connectivity index (χ0) is 15.2. The van der Waals surface area contributed by atoms with Crippen molar-refractivity contribution >= 4 is 27.5 Å². The number of hydrogen-bond donors (Lipinski definition) is 4. The molecule has 1 rings (SSSR count). The van der Waals surface area contributed by atoms with E-state index in [4.69, 9.17) is 10.8 Å². The van der Waals surface area contributed by atoms with Crippen LogP contribution in [0.25, 0.3) is 0 Å². The monoisotopic (exact) mass is 320 g/mol. The molecule has 8 heteroatoms. The van der Waals surface area contributed by atoms with E-state index in [2.05, 4.69) is 4.72 Å². The molecule has 0 spiro atoms. The van der Waals surface area contributed by atoms with Crippen LogP contribution >= 0.6 is 11.8 Å². The molecule has 1 aromatic rings. The molecule has 0 aliphatic heterocycles. The minimum atomic E-state index is -3.49. The molecule has 0 aliphatic carbocycles. The summed E-state index contributed by atoms with van der Waals surface area (Å²) in [4.78, 5) is 0.838. The number of nitrogens with one attached hydrogen (secondary N) is 1. The number of sulfonamides is 1. The van der Waals surface area contributed by atoms with E-state index in [1.165, 1.54) is 18.7 Å². The average Bonchev–Trinajstić information content (AvgIpc) is 2.39. The van der Waals surface area contributed by atoms with Gasteiger partial charge in [-0.05, 0) is 19.1 Å². The number of hydrogen-bond acceptors (Lipinski definition) is 6. The molecule has 0 radical (unpaired) electrons. The number of thioether (sulfide) groups is 1. The van der Waals surface area contributed by atoms with E-state index in [1.54, 1.807) is 6.07 Å². The van der Waals surface area contributed by atoms with E-state index < -0.39 is 22.2 Å². The standard InChI is InChI=1S/C12H20N2O4S2/c1-12(16,9-15)8-14-20(17,18)7-6-19-11-5-3-2-4-10(11)13/h2-5,14-16H,6-9,13H2,1H3. The number of aliphatic hydroxyl groups is 2. The molecule has 20 heavy (non-hydrogen) atoms. The summed E-state index contributed by atoms with van der Waals surface area (Å²) in [5, 5.41) is 18.4. The summed E-state index contributed by atoms with van der Waals surface area (Å²) in [6, 6.07) is 7.24. The fourth-order valence-corrected chi connectivity index (χ4v) is 3.78. The molecule has 0 aliphatic rings. The Balaban J connectivity index is 2.43. The minimum Gasteiger partial charge on any atom is -0.398 e. The smallest absolute Gasteiger partial charge is 0.212 e. The summed E-state index contributed by atoms with van der Waals surface area (Å²) in [6.45, 7) is 0.629. The zero-order valence-corrected chi connectivity index (χ0v) is 12.9. The van der Waals surface area contributed by atoms with Crippen molar-refractivity contribution < 1.29 is 18.6 Å². The molecular weight excluding hydrogens is 300 g/mol. The Kier molecular flexibility index (Phi) is 6.28. The van der Waals surface area contributed by atoms with Crippen molar-refractivity contribution in [1.82, 2.24) is 4.72 Å². The fourth-order valence-electron chi connectivity index (χ4n) is 1.27. The molecule has 0 fully saturated rings. The maximum Gasteiger partial charge on any atom is 0.212 e. The highest BCUT2D eigenvalue weighted by molar-refractivity contribution is 8.00. The van der Waals surface area contributed by atoms with Gasteiger partial charge in [-0.1, -0.05) is 12.1 Å². The average molecular weight is 320 g/mol. The summed E-state index contributed by atoms with van der Waals surface area (Å²) in [5.41, 5.74) is 4.92. The van der Waals surface area contributed by atoms with E-state index >= 15 is 0 Å². The number of para-hydroxylation sites is 1. The summed E-state index contributed by atoms with van der Waals surface area (Å²) in [5.74, 6) is 0.262. The van der Waals surface area contributed by atoms with E-state index in [0.717, 1.165) is 4.90 Å². The lowest BCUT2D eigenvalue weighted by atomic mass is 10.1. The highest BCUT2D eigenvalue weighted by Gasteiger charge is 2.22. The van der Waals surface area contributed by atoms with Gasteiger partial charge in [0, 0.05) is 22.9 Å². The molecule has 1 unspecified atom stereocenters. The first-order valence-electron chi connectivity index (χ1n) is 6.04. The van der Waals surface area contributed by atoms with Crippen molar-refractivity contribution in [2.24, 2.45) is 0 Å². The van der Waals surface area contributed by atoms with Gasteiger partial charge >= 0.3 is 0 Å². The second-order valence-corrected chi connectivity index (χ2v) is 7.74. The molecule has 0 saturated heterocycles. The largest absolute Gasteiger partial charge is 0.398 e. The second kappa shape index (κ2) is 7.28. The van der Waals surface area contributed by atoms with Crippen LogP contribution in [0.3, 0.4) is 0 Å². The summed E-state index contributed by atoms with van der Waals surface area (Å²) >= 11 is 1.36. The van der Waals surface area contributed by atoms with Gasteiger partial charge in [0.2, 0.25) is 10.0 Å². The molecule has 0 aromatic heterocycles. The van der Waals surface area contributed by atoms with Crippen molar-refractivity contribution in [2.75, 3.05) is 30.4 Å².